The molecule has 0 atom stereocenters. The molecule has 2 rings (SSSR count). The fourth-order valence-corrected chi connectivity index (χ4v) is 4.27. The molecule has 4 nitrogen and oxygen atoms in total. The molecule has 0 spiro atoms. The molecule has 0 heterocycles. The van der Waals surface area contributed by atoms with E-state index in [0.29, 0.717) is 5.75 Å². The van der Waals surface area contributed by atoms with Crippen molar-refractivity contribution in [2.24, 2.45) is 0 Å². The first-order valence-corrected chi connectivity index (χ1v) is 7.86. The van der Waals surface area contributed by atoms with E-state index in [1.807, 2.05) is 24.3 Å². The summed E-state index contributed by atoms with van der Waals surface area (Å²) in [7, 11) is 1.50. The third-order valence-electron chi connectivity index (χ3n) is 2.39. The minimum atomic E-state index is -0.364. The molecule has 6 heteroatoms. The molecular weight excluding hydrogens is 377 g/mol. The van der Waals surface area contributed by atoms with Crippen LogP contribution in [0.4, 0.5) is 5.69 Å². The van der Waals surface area contributed by atoms with E-state index in [2.05, 4.69) is 15.9 Å². The molecule has 0 saturated carbocycles. The van der Waals surface area contributed by atoms with Crippen LogP contribution >= 0.6 is 15.9 Å². The number of benzene rings is 2. The fourth-order valence-electron chi connectivity index (χ4n) is 1.51. The summed E-state index contributed by atoms with van der Waals surface area (Å²) in [5, 5.41) is 11.1. The molecule has 0 aliphatic carbocycles. The molecule has 0 radical (unpaired) electrons. The standard InChI is InChI=1S/C13H10BrNO3Se/c1-18-10-5-6-13(12(8-10)15(16)17)19-11-4-2-3-9(14)7-11/h2-8H,1H3. The molecule has 98 valence electrons. The average Bonchev–Trinajstić information content (AvgIpc) is 2.39. The van der Waals surface area contributed by atoms with Gasteiger partial charge in [0, 0.05) is 0 Å². The number of nitrogens with zero attached hydrogens (tertiary/aromatic N) is 1. The Kier molecular flexibility index (Phi) is 4.58. The van der Waals surface area contributed by atoms with E-state index in [4.69, 9.17) is 4.74 Å². The summed E-state index contributed by atoms with van der Waals surface area (Å²) in [5.41, 5.74) is 0.110. The maximum absolute atomic E-state index is 11.1. The van der Waals surface area contributed by atoms with Crippen molar-refractivity contribution >= 4 is 45.5 Å². The fraction of sp³-hybridized carbons (Fsp3) is 0.0769. The van der Waals surface area contributed by atoms with Gasteiger partial charge in [0.1, 0.15) is 0 Å². The first-order valence-electron chi connectivity index (χ1n) is 5.36. The number of rotatable bonds is 4. The Labute approximate surface area is 125 Å². The van der Waals surface area contributed by atoms with E-state index >= 15 is 0 Å². The quantitative estimate of drug-likeness (QED) is 0.459. The molecule has 2 aromatic rings. The zero-order valence-electron chi connectivity index (χ0n) is 10.00. The van der Waals surface area contributed by atoms with Crippen molar-refractivity contribution < 1.29 is 9.66 Å². The number of methoxy groups -OCH3 is 1. The van der Waals surface area contributed by atoms with Crippen LogP contribution in [-0.2, 0) is 0 Å². The van der Waals surface area contributed by atoms with Gasteiger partial charge in [0.15, 0.2) is 0 Å². The molecule has 0 fully saturated rings. The monoisotopic (exact) mass is 387 g/mol. The molecule has 0 aliphatic rings. The zero-order valence-corrected chi connectivity index (χ0v) is 13.3. The summed E-state index contributed by atoms with van der Waals surface area (Å²) in [6, 6.07) is 12.8. The number of nitro groups is 1. The molecule has 0 aliphatic heterocycles. The zero-order chi connectivity index (χ0) is 13.8. The first kappa shape index (κ1) is 14.1. The third-order valence-corrected chi connectivity index (χ3v) is 5.09. The number of ether oxygens (including phenoxy) is 1. The molecule has 2 aromatic carbocycles. The van der Waals surface area contributed by atoms with E-state index in [-0.39, 0.29) is 25.6 Å². The predicted octanol–water partition coefficient (Wildman–Crippen LogP) is 2.02. The van der Waals surface area contributed by atoms with Gasteiger partial charge >= 0.3 is 125 Å². The van der Waals surface area contributed by atoms with Crippen molar-refractivity contribution in [2.45, 2.75) is 0 Å². The van der Waals surface area contributed by atoms with Crippen LogP contribution in [0, 0.1) is 10.1 Å². The van der Waals surface area contributed by atoms with Gasteiger partial charge in [0.05, 0.1) is 0 Å². The normalized spacial score (nSPS) is 10.2. The average molecular weight is 387 g/mol. The Balaban J connectivity index is 2.36. The predicted molar refractivity (Wildman–Crippen MR) is 78.8 cm³/mol. The molecule has 0 bridgehead atoms. The Bertz CT molecular complexity index is 619. The molecule has 0 amide bonds. The molecule has 0 N–H and O–H groups in total. The van der Waals surface area contributed by atoms with Crippen molar-refractivity contribution in [1.82, 2.24) is 0 Å². The van der Waals surface area contributed by atoms with Gasteiger partial charge in [-0.2, -0.15) is 0 Å². The third kappa shape index (κ3) is 3.56. The summed E-state index contributed by atoms with van der Waals surface area (Å²) >= 11 is 3.29. The van der Waals surface area contributed by atoms with Gasteiger partial charge in [-0.15, -0.1) is 0 Å². The van der Waals surface area contributed by atoms with E-state index in [9.17, 15) is 10.1 Å². The summed E-state index contributed by atoms with van der Waals surface area (Å²) in [6.07, 6.45) is 0. The van der Waals surface area contributed by atoms with Crippen LogP contribution in [0.15, 0.2) is 46.9 Å². The van der Waals surface area contributed by atoms with Crippen molar-refractivity contribution in [3.63, 3.8) is 0 Å². The second-order valence-corrected chi connectivity index (χ2v) is 6.91. The Hall–Kier alpha value is -1.36. The summed E-state index contributed by atoms with van der Waals surface area (Å²) in [5.74, 6) is 0.500. The van der Waals surface area contributed by atoms with Gasteiger partial charge in [0.25, 0.3) is 0 Å². The van der Waals surface area contributed by atoms with Crippen molar-refractivity contribution in [3.05, 3.63) is 57.1 Å². The van der Waals surface area contributed by atoms with Crippen LogP contribution in [0.5, 0.6) is 5.75 Å². The van der Waals surface area contributed by atoms with Gasteiger partial charge in [0.2, 0.25) is 0 Å². The topological polar surface area (TPSA) is 52.4 Å². The van der Waals surface area contributed by atoms with Gasteiger partial charge in [-0.1, -0.05) is 0 Å². The van der Waals surface area contributed by atoms with Crippen LogP contribution in [0.3, 0.4) is 0 Å². The van der Waals surface area contributed by atoms with Crippen molar-refractivity contribution in [3.8, 4) is 5.75 Å². The summed E-state index contributed by atoms with van der Waals surface area (Å²) < 4.78 is 7.81. The van der Waals surface area contributed by atoms with E-state index < -0.39 is 0 Å². The van der Waals surface area contributed by atoms with Crippen LogP contribution < -0.4 is 13.7 Å². The van der Waals surface area contributed by atoms with Crippen molar-refractivity contribution in [2.75, 3.05) is 7.11 Å². The van der Waals surface area contributed by atoms with Gasteiger partial charge in [-0.25, -0.2) is 0 Å². The Morgan fingerprint density at radius 3 is 2.68 bits per heavy atom. The second-order valence-electron chi connectivity index (χ2n) is 3.65. The molecular formula is C13H10BrNO3Se. The van der Waals surface area contributed by atoms with Gasteiger partial charge in [-0.05, 0) is 0 Å². The van der Waals surface area contributed by atoms with Crippen LogP contribution in [0.2, 0.25) is 0 Å². The Morgan fingerprint density at radius 2 is 2.05 bits per heavy atom. The van der Waals surface area contributed by atoms with E-state index in [0.717, 1.165) is 13.4 Å². The number of hydrogen-bond donors (Lipinski definition) is 0. The van der Waals surface area contributed by atoms with Crippen LogP contribution in [-0.4, -0.2) is 27.0 Å². The van der Waals surface area contributed by atoms with E-state index in [1.54, 1.807) is 12.1 Å². The second kappa shape index (κ2) is 6.19. The summed E-state index contributed by atoms with van der Waals surface area (Å²) in [4.78, 5) is 10.7. The van der Waals surface area contributed by atoms with Crippen LogP contribution in [0.1, 0.15) is 0 Å². The molecule has 0 aromatic heterocycles. The molecule has 0 saturated heterocycles. The maximum atomic E-state index is 11.1. The minimum absolute atomic E-state index is 0.110. The van der Waals surface area contributed by atoms with Gasteiger partial charge < -0.3 is 0 Å². The number of hydrogen-bond acceptors (Lipinski definition) is 3. The molecule has 19 heavy (non-hydrogen) atoms. The van der Waals surface area contributed by atoms with Gasteiger partial charge in [-0.3, -0.25) is 0 Å². The van der Waals surface area contributed by atoms with Crippen LogP contribution in [0.25, 0.3) is 0 Å². The molecule has 0 unspecified atom stereocenters. The first-order chi connectivity index (χ1) is 9.10. The number of halogens is 1. The SMILES string of the molecule is COc1ccc([Se]c2cccc(Br)c2)c([N+](=O)[O-])c1. The Morgan fingerprint density at radius 1 is 1.26 bits per heavy atom. The number of nitro benzene ring substituents is 1. The summed E-state index contributed by atoms with van der Waals surface area (Å²) in [6.45, 7) is 0. The van der Waals surface area contributed by atoms with E-state index in [1.165, 1.54) is 13.2 Å². The van der Waals surface area contributed by atoms with Crippen molar-refractivity contribution in [1.29, 1.82) is 0 Å².